The van der Waals surface area contributed by atoms with Crippen LogP contribution in [0, 0.1) is 39.7 Å². The van der Waals surface area contributed by atoms with Gasteiger partial charge in [-0.1, -0.05) is 6.07 Å². The Kier molecular flexibility index (Phi) is 5.06. The van der Waals surface area contributed by atoms with Crippen molar-refractivity contribution in [3.8, 4) is 0 Å². The number of carbonyl (C=O) groups is 1. The number of benzene rings is 1. The number of Topliss-reactive ketones (excluding diaryl/α,β-unsaturated/α-hetero) is 1. The van der Waals surface area contributed by atoms with E-state index in [1.807, 2.05) is 0 Å². The third-order valence-electron chi connectivity index (χ3n) is 7.27. The minimum absolute atomic E-state index is 0.107. The number of nitro groups is 1. The summed E-state index contributed by atoms with van der Waals surface area (Å²) < 4.78 is 28.0. The SMILES string of the molecule is CC(C)(NS(=O)(=O)c1cccc([N+](=O)[O-])c1)C(=O)CC1C2CC3CC(C2)CC1C3. The molecule has 0 aliphatic heterocycles. The summed E-state index contributed by atoms with van der Waals surface area (Å²) in [7, 11) is -4.06. The zero-order valence-electron chi connectivity index (χ0n) is 16.8. The highest BCUT2D eigenvalue weighted by Gasteiger charge is 2.49. The average molecular weight is 421 g/mol. The first kappa shape index (κ1) is 20.5. The second kappa shape index (κ2) is 7.16. The number of non-ortho nitro benzene ring substituents is 1. The Labute approximate surface area is 171 Å². The molecule has 8 heteroatoms. The van der Waals surface area contributed by atoms with Crippen LogP contribution in [-0.4, -0.2) is 24.7 Å². The van der Waals surface area contributed by atoms with Crippen molar-refractivity contribution in [2.24, 2.45) is 29.6 Å². The number of sulfonamides is 1. The van der Waals surface area contributed by atoms with E-state index < -0.39 is 20.5 Å². The highest BCUT2D eigenvalue weighted by molar-refractivity contribution is 7.89. The standard InChI is InChI=1S/C21H28N2O5S/c1-21(2,22-29(27,28)18-5-3-4-17(11-18)23(25)26)20(24)12-19-15-7-13-6-14(9-15)10-16(19)8-13/h3-5,11,13-16,19,22H,6-10,12H2,1-2H3. The third-order valence-corrected chi connectivity index (χ3v) is 8.92. The molecule has 4 bridgehead atoms. The van der Waals surface area contributed by atoms with Crippen molar-refractivity contribution < 1.29 is 18.1 Å². The molecule has 0 radical (unpaired) electrons. The number of ketones is 1. The Morgan fingerprint density at radius 1 is 1.14 bits per heavy atom. The van der Waals surface area contributed by atoms with Gasteiger partial charge in [-0.2, -0.15) is 4.72 Å². The van der Waals surface area contributed by atoms with Crippen molar-refractivity contribution in [1.29, 1.82) is 0 Å². The molecule has 0 heterocycles. The van der Waals surface area contributed by atoms with Crippen LogP contribution in [0.1, 0.15) is 52.4 Å². The molecule has 1 N–H and O–H groups in total. The van der Waals surface area contributed by atoms with Crippen LogP contribution in [0.2, 0.25) is 0 Å². The lowest BCUT2D eigenvalue weighted by Crippen LogP contribution is -2.52. The number of carbonyl (C=O) groups excluding carboxylic acids is 1. The molecule has 4 aliphatic rings. The van der Waals surface area contributed by atoms with E-state index in [0.29, 0.717) is 24.2 Å². The van der Waals surface area contributed by atoms with Gasteiger partial charge in [-0.3, -0.25) is 14.9 Å². The summed E-state index contributed by atoms with van der Waals surface area (Å²) in [4.78, 5) is 23.2. The first-order valence-corrected chi connectivity index (χ1v) is 11.8. The van der Waals surface area contributed by atoms with Crippen LogP contribution in [0.15, 0.2) is 29.2 Å². The van der Waals surface area contributed by atoms with Crippen molar-refractivity contribution >= 4 is 21.5 Å². The molecule has 1 aromatic rings. The average Bonchev–Trinajstić information content (AvgIpc) is 2.63. The minimum Gasteiger partial charge on any atom is -0.298 e. The highest BCUT2D eigenvalue weighted by Crippen LogP contribution is 2.57. The quantitative estimate of drug-likeness (QED) is 0.535. The highest BCUT2D eigenvalue weighted by atomic mass is 32.2. The van der Waals surface area contributed by atoms with Gasteiger partial charge in [-0.05, 0) is 81.6 Å². The van der Waals surface area contributed by atoms with Crippen LogP contribution in [0.4, 0.5) is 5.69 Å². The number of hydrogen-bond donors (Lipinski definition) is 1. The molecule has 4 saturated carbocycles. The maximum atomic E-state index is 13.1. The van der Waals surface area contributed by atoms with Crippen LogP contribution in [0.25, 0.3) is 0 Å². The predicted octanol–water partition coefficient (Wildman–Crippen LogP) is 3.68. The van der Waals surface area contributed by atoms with Crippen LogP contribution in [0.5, 0.6) is 0 Å². The van der Waals surface area contributed by atoms with E-state index in [-0.39, 0.29) is 16.4 Å². The zero-order valence-corrected chi connectivity index (χ0v) is 17.7. The topological polar surface area (TPSA) is 106 Å². The van der Waals surface area contributed by atoms with Gasteiger partial charge in [0.25, 0.3) is 5.69 Å². The van der Waals surface area contributed by atoms with E-state index in [2.05, 4.69) is 4.72 Å². The van der Waals surface area contributed by atoms with Gasteiger partial charge in [-0.25, -0.2) is 8.42 Å². The van der Waals surface area contributed by atoms with Gasteiger partial charge in [0.15, 0.2) is 5.78 Å². The van der Waals surface area contributed by atoms with E-state index in [4.69, 9.17) is 0 Å². The van der Waals surface area contributed by atoms with E-state index in [9.17, 15) is 23.3 Å². The minimum atomic E-state index is -4.06. The zero-order chi connectivity index (χ0) is 21.0. The largest absolute Gasteiger partial charge is 0.298 e. The van der Waals surface area contributed by atoms with Crippen molar-refractivity contribution in [3.05, 3.63) is 34.4 Å². The van der Waals surface area contributed by atoms with E-state index in [0.717, 1.165) is 17.9 Å². The molecule has 0 atom stereocenters. The third kappa shape index (κ3) is 3.97. The summed E-state index contributed by atoms with van der Waals surface area (Å²) in [6.07, 6.45) is 6.60. The number of nitro benzene ring substituents is 1. The molecule has 0 aromatic heterocycles. The lowest BCUT2D eigenvalue weighted by molar-refractivity contribution is -0.385. The number of hydrogen-bond acceptors (Lipinski definition) is 5. The molecule has 0 amide bonds. The van der Waals surface area contributed by atoms with E-state index in [1.54, 1.807) is 13.8 Å². The van der Waals surface area contributed by atoms with Gasteiger partial charge in [0.05, 0.1) is 15.4 Å². The Balaban J connectivity index is 1.47. The summed E-state index contributed by atoms with van der Waals surface area (Å²) in [6, 6.07) is 4.88. The monoisotopic (exact) mass is 420 g/mol. The molecule has 5 rings (SSSR count). The number of nitrogens with zero attached hydrogens (tertiary/aromatic N) is 1. The van der Waals surface area contributed by atoms with Crippen molar-refractivity contribution in [3.63, 3.8) is 0 Å². The van der Waals surface area contributed by atoms with E-state index >= 15 is 0 Å². The summed E-state index contributed by atoms with van der Waals surface area (Å²) in [5, 5.41) is 11.0. The van der Waals surface area contributed by atoms with Crippen LogP contribution in [-0.2, 0) is 14.8 Å². The lowest BCUT2D eigenvalue weighted by atomic mass is 9.51. The maximum Gasteiger partial charge on any atom is 0.270 e. The summed E-state index contributed by atoms with van der Waals surface area (Å²) in [6.45, 7) is 3.17. The lowest BCUT2D eigenvalue weighted by Gasteiger charge is -2.54. The number of rotatable bonds is 7. The van der Waals surface area contributed by atoms with Crippen LogP contribution < -0.4 is 4.72 Å². The molecular weight excluding hydrogens is 392 g/mol. The fourth-order valence-corrected chi connectivity index (χ4v) is 7.49. The molecule has 7 nitrogen and oxygen atoms in total. The molecular formula is C21H28N2O5S. The van der Waals surface area contributed by atoms with E-state index in [1.165, 1.54) is 50.3 Å². The van der Waals surface area contributed by atoms with Crippen molar-refractivity contribution in [2.45, 2.75) is 62.8 Å². The summed E-state index contributed by atoms with van der Waals surface area (Å²) in [5.74, 6) is 3.09. The Bertz CT molecular complexity index is 912. The normalized spacial score (nSPS) is 31.0. The van der Waals surface area contributed by atoms with Crippen molar-refractivity contribution in [1.82, 2.24) is 4.72 Å². The fraction of sp³-hybridized carbons (Fsp3) is 0.667. The van der Waals surface area contributed by atoms with Crippen molar-refractivity contribution in [2.75, 3.05) is 0 Å². The van der Waals surface area contributed by atoms with Crippen LogP contribution >= 0.6 is 0 Å². The molecule has 0 unspecified atom stereocenters. The second-order valence-electron chi connectivity index (χ2n) is 9.71. The van der Waals surface area contributed by atoms with Gasteiger partial charge in [-0.15, -0.1) is 0 Å². The molecule has 0 saturated heterocycles. The van der Waals surface area contributed by atoms with Gasteiger partial charge >= 0.3 is 0 Å². The van der Waals surface area contributed by atoms with Gasteiger partial charge < -0.3 is 0 Å². The molecule has 0 spiro atoms. The summed E-state index contributed by atoms with van der Waals surface area (Å²) in [5.41, 5.74) is -1.57. The van der Waals surface area contributed by atoms with Gasteiger partial charge in [0, 0.05) is 18.6 Å². The van der Waals surface area contributed by atoms with Crippen LogP contribution in [0.3, 0.4) is 0 Å². The molecule has 29 heavy (non-hydrogen) atoms. The predicted molar refractivity (Wildman–Crippen MR) is 108 cm³/mol. The maximum absolute atomic E-state index is 13.1. The first-order valence-electron chi connectivity index (χ1n) is 10.4. The fourth-order valence-electron chi connectivity index (χ4n) is 6.06. The Morgan fingerprint density at radius 2 is 1.72 bits per heavy atom. The molecule has 4 fully saturated rings. The molecule has 4 aliphatic carbocycles. The van der Waals surface area contributed by atoms with Gasteiger partial charge in [0.2, 0.25) is 10.0 Å². The second-order valence-corrected chi connectivity index (χ2v) is 11.4. The number of nitrogens with one attached hydrogen (secondary N) is 1. The molecule has 158 valence electrons. The Morgan fingerprint density at radius 3 is 2.28 bits per heavy atom. The Hall–Kier alpha value is -1.80. The van der Waals surface area contributed by atoms with Gasteiger partial charge in [0.1, 0.15) is 0 Å². The smallest absolute Gasteiger partial charge is 0.270 e. The summed E-state index contributed by atoms with van der Waals surface area (Å²) >= 11 is 0. The first-order chi connectivity index (χ1) is 13.5. The molecule has 1 aromatic carbocycles.